The maximum Gasteiger partial charge on any atom is 0.129 e. The van der Waals surface area contributed by atoms with Crippen molar-refractivity contribution in [3.05, 3.63) is 23.5 Å². The molecule has 15 heavy (non-hydrogen) atoms. The van der Waals surface area contributed by atoms with Crippen molar-refractivity contribution in [1.29, 1.82) is 0 Å². The fourth-order valence-corrected chi connectivity index (χ4v) is 2.32. The molecule has 1 aromatic rings. The van der Waals surface area contributed by atoms with E-state index in [1.807, 2.05) is 18.3 Å². The summed E-state index contributed by atoms with van der Waals surface area (Å²) in [6, 6.07) is 4.43. The predicted octanol–water partition coefficient (Wildman–Crippen LogP) is 3.73. The Hall–Kier alpha value is -0.760. The molecule has 0 aliphatic heterocycles. The third-order valence-electron chi connectivity index (χ3n) is 3.19. The fraction of sp³-hybridized carbons (Fsp3) is 0.583. The summed E-state index contributed by atoms with van der Waals surface area (Å²) in [5, 5.41) is 4.09. The molecule has 1 fully saturated rings. The molecule has 1 aromatic heterocycles. The summed E-state index contributed by atoms with van der Waals surface area (Å²) in [4.78, 5) is 4.07. The zero-order valence-electron chi connectivity index (χ0n) is 9.04. The Balaban J connectivity index is 1.98. The van der Waals surface area contributed by atoms with Crippen LogP contribution in [0.1, 0.15) is 32.6 Å². The van der Waals surface area contributed by atoms with Crippen molar-refractivity contribution in [2.45, 2.75) is 38.6 Å². The first-order valence-electron chi connectivity index (χ1n) is 5.64. The number of aromatic nitrogens is 1. The Bertz CT molecular complexity index is 310. The molecule has 1 saturated carbocycles. The van der Waals surface area contributed by atoms with Gasteiger partial charge in [0, 0.05) is 6.04 Å². The molecule has 0 radical (unpaired) electrons. The maximum atomic E-state index is 5.74. The minimum absolute atomic E-state index is 0.553. The van der Waals surface area contributed by atoms with Gasteiger partial charge in [-0.05, 0) is 30.9 Å². The van der Waals surface area contributed by atoms with Crippen LogP contribution in [0.3, 0.4) is 0 Å². The SMILES string of the molecule is CC1CCCCC1Nc1ccc(Cl)nc1. The monoisotopic (exact) mass is 224 g/mol. The number of pyridine rings is 1. The topological polar surface area (TPSA) is 24.9 Å². The highest BCUT2D eigenvalue weighted by atomic mass is 35.5. The normalized spacial score (nSPS) is 26.3. The molecule has 0 amide bonds. The summed E-state index contributed by atoms with van der Waals surface area (Å²) in [7, 11) is 0. The number of anilines is 1. The molecule has 1 aliphatic carbocycles. The lowest BCUT2D eigenvalue weighted by Crippen LogP contribution is -2.30. The largest absolute Gasteiger partial charge is 0.381 e. The first kappa shape index (κ1) is 10.7. The van der Waals surface area contributed by atoms with E-state index in [0.717, 1.165) is 11.6 Å². The predicted molar refractivity (Wildman–Crippen MR) is 64.3 cm³/mol. The first-order chi connectivity index (χ1) is 7.25. The molecular weight excluding hydrogens is 208 g/mol. The Labute approximate surface area is 96.1 Å². The van der Waals surface area contributed by atoms with Gasteiger partial charge in [0.05, 0.1) is 11.9 Å². The number of nitrogens with one attached hydrogen (secondary N) is 1. The van der Waals surface area contributed by atoms with Crippen LogP contribution in [0.5, 0.6) is 0 Å². The lowest BCUT2D eigenvalue weighted by molar-refractivity contribution is 0.349. The molecule has 1 aliphatic rings. The van der Waals surface area contributed by atoms with Crippen LogP contribution in [-0.4, -0.2) is 11.0 Å². The van der Waals surface area contributed by atoms with Crippen molar-refractivity contribution in [2.75, 3.05) is 5.32 Å². The van der Waals surface area contributed by atoms with Crippen LogP contribution in [0.2, 0.25) is 5.15 Å². The molecule has 82 valence electrons. The van der Waals surface area contributed by atoms with Crippen molar-refractivity contribution in [3.8, 4) is 0 Å². The highest BCUT2D eigenvalue weighted by Gasteiger charge is 2.20. The van der Waals surface area contributed by atoms with Gasteiger partial charge in [-0.15, -0.1) is 0 Å². The zero-order chi connectivity index (χ0) is 10.7. The van der Waals surface area contributed by atoms with Crippen molar-refractivity contribution >= 4 is 17.3 Å². The van der Waals surface area contributed by atoms with Crippen LogP contribution in [0.25, 0.3) is 0 Å². The van der Waals surface area contributed by atoms with E-state index >= 15 is 0 Å². The maximum absolute atomic E-state index is 5.74. The number of halogens is 1. The smallest absolute Gasteiger partial charge is 0.129 e. The zero-order valence-corrected chi connectivity index (χ0v) is 9.80. The Morgan fingerprint density at radius 3 is 2.80 bits per heavy atom. The second-order valence-corrected chi connectivity index (χ2v) is 4.77. The van der Waals surface area contributed by atoms with Gasteiger partial charge >= 0.3 is 0 Å². The standard InChI is InChI=1S/C12H17ClN2/c1-9-4-2-3-5-11(9)15-10-6-7-12(13)14-8-10/h6-9,11,15H,2-5H2,1H3. The average molecular weight is 225 g/mol. The fourth-order valence-electron chi connectivity index (χ4n) is 2.21. The van der Waals surface area contributed by atoms with Crippen LogP contribution < -0.4 is 5.32 Å². The lowest BCUT2D eigenvalue weighted by Gasteiger charge is -2.30. The quantitative estimate of drug-likeness (QED) is 0.775. The van der Waals surface area contributed by atoms with E-state index in [9.17, 15) is 0 Å². The Kier molecular flexibility index (Phi) is 3.47. The average Bonchev–Trinajstić information content (AvgIpc) is 2.25. The molecule has 1 heterocycles. The molecule has 0 bridgehead atoms. The van der Waals surface area contributed by atoms with Crippen molar-refractivity contribution in [2.24, 2.45) is 5.92 Å². The molecule has 2 atom stereocenters. The molecule has 2 rings (SSSR count). The molecular formula is C12H17ClN2. The summed E-state index contributed by atoms with van der Waals surface area (Å²) in [5.74, 6) is 0.759. The molecule has 0 spiro atoms. The van der Waals surface area contributed by atoms with Crippen molar-refractivity contribution < 1.29 is 0 Å². The lowest BCUT2D eigenvalue weighted by atomic mass is 9.86. The van der Waals surface area contributed by atoms with Gasteiger partial charge in [-0.1, -0.05) is 31.4 Å². The van der Waals surface area contributed by atoms with E-state index in [-0.39, 0.29) is 0 Å². The Morgan fingerprint density at radius 2 is 2.13 bits per heavy atom. The summed E-state index contributed by atoms with van der Waals surface area (Å²) in [6.45, 7) is 2.32. The van der Waals surface area contributed by atoms with Gasteiger partial charge in [0.25, 0.3) is 0 Å². The van der Waals surface area contributed by atoms with Crippen LogP contribution >= 0.6 is 11.6 Å². The molecule has 0 aromatic carbocycles. The van der Waals surface area contributed by atoms with Gasteiger partial charge in [-0.3, -0.25) is 0 Å². The van der Waals surface area contributed by atoms with E-state index in [1.165, 1.54) is 25.7 Å². The van der Waals surface area contributed by atoms with Crippen LogP contribution in [0, 0.1) is 5.92 Å². The van der Waals surface area contributed by atoms with Gasteiger partial charge in [0.15, 0.2) is 0 Å². The van der Waals surface area contributed by atoms with Crippen LogP contribution in [0.4, 0.5) is 5.69 Å². The second kappa shape index (κ2) is 4.84. The van der Waals surface area contributed by atoms with E-state index in [4.69, 9.17) is 11.6 Å². The van der Waals surface area contributed by atoms with E-state index in [1.54, 1.807) is 0 Å². The molecule has 3 heteroatoms. The molecule has 2 unspecified atom stereocenters. The van der Waals surface area contributed by atoms with Crippen LogP contribution in [-0.2, 0) is 0 Å². The minimum Gasteiger partial charge on any atom is -0.381 e. The summed E-state index contributed by atoms with van der Waals surface area (Å²) >= 11 is 5.74. The second-order valence-electron chi connectivity index (χ2n) is 4.38. The highest BCUT2D eigenvalue weighted by molar-refractivity contribution is 6.29. The van der Waals surface area contributed by atoms with Gasteiger partial charge in [0.1, 0.15) is 5.15 Å². The summed E-state index contributed by atoms with van der Waals surface area (Å²) < 4.78 is 0. The number of hydrogen-bond acceptors (Lipinski definition) is 2. The third kappa shape index (κ3) is 2.85. The van der Waals surface area contributed by atoms with E-state index < -0.39 is 0 Å². The minimum atomic E-state index is 0.553. The highest BCUT2D eigenvalue weighted by Crippen LogP contribution is 2.26. The molecule has 0 saturated heterocycles. The number of hydrogen-bond donors (Lipinski definition) is 1. The van der Waals surface area contributed by atoms with Gasteiger partial charge in [0.2, 0.25) is 0 Å². The molecule has 1 N–H and O–H groups in total. The number of nitrogens with zero attached hydrogens (tertiary/aromatic N) is 1. The Morgan fingerprint density at radius 1 is 1.33 bits per heavy atom. The van der Waals surface area contributed by atoms with Gasteiger partial charge in [-0.25, -0.2) is 4.98 Å². The number of rotatable bonds is 2. The van der Waals surface area contributed by atoms with Crippen molar-refractivity contribution in [1.82, 2.24) is 4.98 Å². The van der Waals surface area contributed by atoms with Crippen LogP contribution in [0.15, 0.2) is 18.3 Å². The van der Waals surface area contributed by atoms with E-state index in [0.29, 0.717) is 11.2 Å². The van der Waals surface area contributed by atoms with E-state index in [2.05, 4.69) is 17.2 Å². The van der Waals surface area contributed by atoms with Gasteiger partial charge < -0.3 is 5.32 Å². The van der Waals surface area contributed by atoms with Crippen molar-refractivity contribution in [3.63, 3.8) is 0 Å². The summed E-state index contributed by atoms with van der Waals surface area (Å²) in [5.41, 5.74) is 1.08. The van der Waals surface area contributed by atoms with Gasteiger partial charge in [-0.2, -0.15) is 0 Å². The summed E-state index contributed by atoms with van der Waals surface area (Å²) in [6.07, 6.45) is 7.12. The third-order valence-corrected chi connectivity index (χ3v) is 3.41. The first-order valence-corrected chi connectivity index (χ1v) is 6.01. The molecule has 2 nitrogen and oxygen atoms in total.